The summed E-state index contributed by atoms with van der Waals surface area (Å²) in [6, 6.07) is 10.9. The highest BCUT2D eigenvalue weighted by atomic mass is 19.1. The van der Waals surface area contributed by atoms with Gasteiger partial charge in [-0.05, 0) is 48.1 Å². The first-order valence-electron chi connectivity index (χ1n) is 8.64. The Morgan fingerprint density at radius 3 is 2.50 bits per heavy atom. The molecular formula is C19H19BFNO4. The summed E-state index contributed by atoms with van der Waals surface area (Å²) in [6.07, 6.45) is 2.21. The number of ether oxygens (including phenoxy) is 1. The Morgan fingerprint density at radius 2 is 1.92 bits per heavy atom. The van der Waals surface area contributed by atoms with Crippen LogP contribution < -0.4 is 10.1 Å². The quantitative estimate of drug-likeness (QED) is 0.732. The van der Waals surface area contributed by atoms with Crippen molar-refractivity contribution in [2.75, 3.05) is 7.05 Å². The zero-order chi connectivity index (χ0) is 18.5. The lowest BCUT2D eigenvalue weighted by Gasteiger charge is -2.33. The smallest absolute Gasteiger partial charge is 0.483 e. The van der Waals surface area contributed by atoms with Gasteiger partial charge in [-0.1, -0.05) is 24.3 Å². The van der Waals surface area contributed by atoms with Crippen LogP contribution in [0.5, 0.6) is 5.75 Å². The predicted octanol–water partition coefficient (Wildman–Crippen LogP) is 1.83. The summed E-state index contributed by atoms with van der Waals surface area (Å²) in [7, 11) is -0.489. The SMILES string of the molecule is CNC(=O)C1c2cc(C3CC3)ccc2OC1(B(O)O)c1ccc(F)cc1. The molecule has 0 saturated heterocycles. The topological polar surface area (TPSA) is 78.8 Å². The van der Waals surface area contributed by atoms with Crippen LogP contribution in [0.25, 0.3) is 0 Å². The van der Waals surface area contributed by atoms with Gasteiger partial charge in [-0.25, -0.2) is 4.39 Å². The molecule has 3 N–H and O–H groups in total. The van der Waals surface area contributed by atoms with Gasteiger partial charge in [0.15, 0.2) is 5.50 Å². The Hall–Kier alpha value is -2.38. The average molecular weight is 355 g/mol. The monoisotopic (exact) mass is 355 g/mol. The van der Waals surface area contributed by atoms with Gasteiger partial charge >= 0.3 is 7.12 Å². The van der Waals surface area contributed by atoms with Gasteiger partial charge in [0.05, 0.1) is 0 Å². The molecule has 1 heterocycles. The van der Waals surface area contributed by atoms with E-state index in [1.54, 1.807) is 6.07 Å². The van der Waals surface area contributed by atoms with Crippen molar-refractivity contribution < 1.29 is 24.0 Å². The van der Waals surface area contributed by atoms with Crippen molar-refractivity contribution in [2.45, 2.75) is 30.2 Å². The van der Waals surface area contributed by atoms with Crippen LogP contribution in [-0.4, -0.2) is 30.1 Å². The van der Waals surface area contributed by atoms with E-state index < -0.39 is 30.3 Å². The lowest BCUT2D eigenvalue weighted by molar-refractivity contribution is -0.124. The van der Waals surface area contributed by atoms with E-state index in [0.717, 1.165) is 18.4 Å². The molecule has 2 aromatic carbocycles. The second kappa shape index (κ2) is 6.11. The van der Waals surface area contributed by atoms with Crippen molar-refractivity contribution in [3.8, 4) is 5.75 Å². The number of carbonyl (C=O) groups is 1. The molecule has 2 aromatic rings. The lowest BCUT2D eigenvalue weighted by Crippen LogP contribution is -2.53. The Kier molecular flexibility index (Phi) is 4.01. The number of fused-ring (bicyclic) bond motifs is 1. The molecule has 26 heavy (non-hydrogen) atoms. The van der Waals surface area contributed by atoms with E-state index in [1.807, 2.05) is 12.1 Å². The third-order valence-corrected chi connectivity index (χ3v) is 5.29. The standard InChI is InChI=1S/C19H19BFNO4/c1-22-18(23)17-15-10-12(11-2-3-11)4-9-16(15)26-19(17,20(24)25)13-5-7-14(21)8-6-13/h4-11,17,24-25H,2-3H2,1H3,(H,22,23). The molecule has 1 fully saturated rings. The summed E-state index contributed by atoms with van der Waals surface area (Å²) in [6.45, 7) is 0. The summed E-state index contributed by atoms with van der Waals surface area (Å²) in [4.78, 5) is 12.7. The fourth-order valence-electron chi connectivity index (χ4n) is 3.80. The summed E-state index contributed by atoms with van der Waals surface area (Å²) in [5.74, 6) is -0.911. The largest absolute Gasteiger partial charge is 0.504 e. The molecule has 1 amide bonds. The number of likely N-dealkylation sites (N-methyl/N-ethyl adjacent to an activating group) is 1. The fourth-order valence-corrected chi connectivity index (χ4v) is 3.80. The van der Waals surface area contributed by atoms with Gasteiger partial charge in [0, 0.05) is 12.6 Å². The molecule has 0 radical (unpaired) electrons. The minimum absolute atomic E-state index is 0.326. The third kappa shape index (κ3) is 2.50. The third-order valence-electron chi connectivity index (χ3n) is 5.29. The molecule has 1 aliphatic carbocycles. The lowest BCUT2D eigenvalue weighted by atomic mass is 9.57. The van der Waals surface area contributed by atoms with Gasteiger partial charge < -0.3 is 20.1 Å². The number of rotatable bonds is 4. The maximum Gasteiger partial charge on any atom is 0.504 e. The molecule has 2 unspecified atom stereocenters. The van der Waals surface area contributed by atoms with Crippen LogP contribution in [0.3, 0.4) is 0 Å². The molecule has 1 aliphatic heterocycles. The highest BCUT2D eigenvalue weighted by Crippen LogP contribution is 2.53. The van der Waals surface area contributed by atoms with Crippen LogP contribution in [0.2, 0.25) is 0 Å². The van der Waals surface area contributed by atoms with Crippen molar-refractivity contribution in [3.63, 3.8) is 0 Å². The van der Waals surface area contributed by atoms with E-state index in [-0.39, 0.29) is 0 Å². The Morgan fingerprint density at radius 1 is 1.23 bits per heavy atom. The van der Waals surface area contributed by atoms with Crippen LogP contribution in [0.15, 0.2) is 42.5 Å². The second-order valence-electron chi connectivity index (χ2n) is 6.89. The first-order chi connectivity index (χ1) is 12.5. The highest BCUT2D eigenvalue weighted by Gasteiger charge is 2.60. The number of halogens is 1. The predicted molar refractivity (Wildman–Crippen MR) is 94.1 cm³/mol. The highest BCUT2D eigenvalue weighted by molar-refractivity contribution is 6.46. The van der Waals surface area contributed by atoms with Crippen molar-refractivity contribution >= 4 is 13.0 Å². The van der Waals surface area contributed by atoms with Gasteiger partial charge in [0.1, 0.15) is 17.5 Å². The first-order valence-corrected chi connectivity index (χ1v) is 8.64. The molecule has 4 rings (SSSR count). The molecule has 0 bridgehead atoms. The molecule has 2 atom stereocenters. The number of hydrogen-bond acceptors (Lipinski definition) is 4. The van der Waals surface area contributed by atoms with Gasteiger partial charge in [-0.2, -0.15) is 0 Å². The molecule has 2 aliphatic rings. The summed E-state index contributed by atoms with van der Waals surface area (Å²) in [5.41, 5.74) is 0.319. The van der Waals surface area contributed by atoms with Gasteiger partial charge in [0.2, 0.25) is 5.91 Å². The normalized spacial score (nSPS) is 23.9. The van der Waals surface area contributed by atoms with Crippen LogP contribution in [0, 0.1) is 5.82 Å². The Bertz CT molecular complexity index is 853. The Balaban J connectivity index is 1.90. The minimum atomic E-state index is -1.98. The van der Waals surface area contributed by atoms with E-state index in [0.29, 0.717) is 22.8 Å². The molecule has 7 heteroatoms. The van der Waals surface area contributed by atoms with Crippen LogP contribution in [-0.2, 0) is 10.3 Å². The van der Waals surface area contributed by atoms with E-state index in [1.165, 1.54) is 31.3 Å². The molecular weight excluding hydrogens is 336 g/mol. The maximum absolute atomic E-state index is 13.4. The van der Waals surface area contributed by atoms with Crippen LogP contribution in [0.4, 0.5) is 4.39 Å². The number of nitrogens with one attached hydrogen (secondary N) is 1. The summed E-state index contributed by atoms with van der Waals surface area (Å²) >= 11 is 0. The summed E-state index contributed by atoms with van der Waals surface area (Å²) < 4.78 is 19.4. The maximum atomic E-state index is 13.4. The fraction of sp³-hybridized carbons (Fsp3) is 0.316. The van der Waals surface area contributed by atoms with Gasteiger partial charge in [-0.3, -0.25) is 4.79 Å². The van der Waals surface area contributed by atoms with Crippen molar-refractivity contribution in [1.29, 1.82) is 0 Å². The average Bonchev–Trinajstić information content (AvgIpc) is 3.42. The van der Waals surface area contributed by atoms with E-state index in [9.17, 15) is 19.2 Å². The zero-order valence-corrected chi connectivity index (χ0v) is 14.3. The summed E-state index contributed by atoms with van der Waals surface area (Å²) in [5, 5.41) is 23.1. The molecule has 134 valence electrons. The molecule has 5 nitrogen and oxygen atoms in total. The van der Waals surface area contributed by atoms with Gasteiger partial charge in [-0.15, -0.1) is 0 Å². The number of amides is 1. The Labute approximate surface area is 151 Å². The van der Waals surface area contributed by atoms with Crippen molar-refractivity contribution in [1.82, 2.24) is 5.32 Å². The number of carbonyl (C=O) groups excluding carboxylic acids is 1. The van der Waals surface area contributed by atoms with E-state index >= 15 is 0 Å². The molecule has 0 aromatic heterocycles. The van der Waals surface area contributed by atoms with E-state index in [4.69, 9.17) is 4.74 Å². The first kappa shape index (κ1) is 17.1. The zero-order valence-electron chi connectivity index (χ0n) is 14.3. The minimum Gasteiger partial charge on any atom is -0.483 e. The van der Waals surface area contributed by atoms with Crippen LogP contribution in [0.1, 0.15) is 41.4 Å². The van der Waals surface area contributed by atoms with E-state index in [2.05, 4.69) is 5.32 Å². The molecule has 0 spiro atoms. The second-order valence-corrected chi connectivity index (χ2v) is 6.89. The number of benzene rings is 2. The number of hydrogen-bond donors (Lipinski definition) is 3. The molecule has 1 saturated carbocycles. The van der Waals surface area contributed by atoms with Gasteiger partial charge in [0.25, 0.3) is 0 Å². The van der Waals surface area contributed by atoms with Crippen LogP contribution >= 0.6 is 0 Å². The van der Waals surface area contributed by atoms with Crippen molar-refractivity contribution in [2.24, 2.45) is 0 Å². The van der Waals surface area contributed by atoms with Crippen molar-refractivity contribution in [3.05, 3.63) is 65.0 Å².